The molecule has 0 aliphatic heterocycles. The second-order valence-electron chi connectivity index (χ2n) is 2.71. The Morgan fingerprint density at radius 3 is 3.00 bits per heavy atom. The number of ketones is 1. The molecule has 0 spiro atoms. The predicted molar refractivity (Wildman–Crippen MR) is 51.3 cm³/mol. The highest BCUT2D eigenvalue weighted by Crippen LogP contribution is 2.10. The molecule has 0 amide bonds. The van der Waals surface area contributed by atoms with E-state index in [1.807, 2.05) is 24.4 Å². The SMILES string of the molecule is CCC(=O)[C@H](N)Cc1cccs1. The lowest BCUT2D eigenvalue weighted by Gasteiger charge is -2.06. The van der Waals surface area contributed by atoms with Gasteiger partial charge in [0.05, 0.1) is 6.04 Å². The first-order valence-electron chi connectivity index (χ1n) is 4.04. The van der Waals surface area contributed by atoms with E-state index in [4.69, 9.17) is 5.73 Å². The second kappa shape index (κ2) is 4.38. The third kappa shape index (κ3) is 2.43. The van der Waals surface area contributed by atoms with Gasteiger partial charge in [-0.2, -0.15) is 0 Å². The maximum absolute atomic E-state index is 11.1. The van der Waals surface area contributed by atoms with Gasteiger partial charge in [-0.05, 0) is 11.4 Å². The van der Waals surface area contributed by atoms with E-state index in [1.54, 1.807) is 11.3 Å². The van der Waals surface area contributed by atoms with Crippen molar-refractivity contribution in [2.45, 2.75) is 25.8 Å². The minimum atomic E-state index is -0.311. The average molecular weight is 183 g/mol. The maximum atomic E-state index is 11.1. The molecule has 1 rings (SSSR count). The molecule has 1 aromatic heterocycles. The van der Waals surface area contributed by atoms with Crippen LogP contribution in [0.5, 0.6) is 0 Å². The van der Waals surface area contributed by atoms with Gasteiger partial charge in [0.25, 0.3) is 0 Å². The molecule has 2 nitrogen and oxygen atoms in total. The van der Waals surface area contributed by atoms with Crippen LogP contribution in [-0.4, -0.2) is 11.8 Å². The Bertz CT molecular complexity index is 243. The zero-order valence-corrected chi connectivity index (χ0v) is 7.93. The topological polar surface area (TPSA) is 43.1 Å². The van der Waals surface area contributed by atoms with Gasteiger partial charge in [0.15, 0.2) is 0 Å². The van der Waals surface area contributed by atoms with Gasteiger partial charge in [-0.25, -0.2) is 0 Å². The summed E-state index contributed by atoms with van der Waals surface area (Å²) in [6.45, 7) is 1.84. The zero-order chi connectivity index (χ0) is 8.97. The van der Waals surface area contributed by atoms with E-state index in [0.29, 0.717) is 12.8 Å². The summed E-state index contributed by atoms with van der Waals surface area (Å²) in [7, 11) is 0. The number of hydrogen-bond donors (Lipinski definition) is 1. The highest BCUT2D eigenvalue weighted by atomic mass is 32.1. The Kier molecular flexibility index (Phi) is 3.44. The molecule has 1 aromatic rings. The van der Waals surface area contributed by atoms with Crippen molar-refractivity contribution in [1.82, 2.24) is 0 Å². The molecule has 0 bridgehead atoms. The van der Waals surface area contributed by atoms with Crippen LogP contribution in [0.2, 0.25) is 0 Å². The van der Waals surface area contributed by atoms with Crippen LogP contribution in [0, 0.1) is 0 Å². The quantitative estimate of drug-likeness (QED) is 0.770. The Balaban J connectivity index is 2.47. The lowest BCUT2D eigenvalue weighted by atomic mass is 10.1. The molecule has 0 saturated carbocycles. The first-order valence-corrected chi connectivity index (χ1v) is 4.92. The molecule has 66 valence electrons. The van der Waals surface area contributed by atoms with Crippen LogP contribution >= 0.6 is 11.3 Å². The molecule has 3 heteroatoms. The number of carbonyl (C=O) groups excluding carboxylic acids is 1. The van der Waals surface area contributed by atoms with Crippen LogP contribution in [0.1, 0.15) is 18.2 Å². The van der Waals surface area contributed by atoms with Crippen molar-refractivity contribution in [3.05, 3.63) is 22.4 Å². The van der Waals surface area contributed by atoms with Crippen LogP contribution in [0.25, 0.3) is 0 Å². The van der Waals surface area contributed by atoms with Crippen molar-refractivity contribution in [3.8, 4) is 0 Å². The summed E-state index contributed by atoms with van der Waals surface area (Å²) in [6, 6.07) is 3.67. The van der Waals surface area contributed by atoms with Gasteiger partial charge in [0.2, 0.25) is 0 Å². The van der Waals surface area contributed by atoms with Crippen LogP contribution in [-0.2, 0) is 11.2 Å². The minimum Gasteiger partial charge on any atom is -0.321 e. The largest absolute Gasteiger partial charge is 0.321 e. The molecule has 0 saturated heterocycles. The molecule has 0 aromatic carbocycles. The molecule has 0 aliphatic rings. The third-order valence-corrected chi connectivity index (χ3v) is 2.66. The summed E-state index contributed by atoms with van der Waals surface area (Å²) in [5.74, 6) is 0.142. The lowest BCUT2D eigenvalue weighted by Crippen LogP contribution is -2.31. The van der Waals surface area contributed by atoms with Gasteiger partial charge >= 0.3 is 0 Å². The Hall–Kier alpha value is -0.670. The highest BCUT2D eigenvalue weighted by molar-refractivity contribution is 7.09. The first-order chi connectivity index (χ1) is 5.74. The van der Waals surface area contributed by atoms with Crippen molar-refractivity contribution in [2.24, 2.45) is 5.73 Å². The number of Topliss-reactive ketones (excluding diaryl/α,β-unsaturated/α-hetero) is 1. The molecule has 0 fully saturated rings. The molecule has 12 heavy (non-hydrogen) atoms. The van der Waals surface area contributed by atoms with Gasteiger partial charge in [-0.15, -0.1) is 11.3 Å². The molecule has 1 atom stereocenters. The van der Waals surface area contributed by atoms with Crippen LogP contribution in [0.3, 0.4) is 0 Å². The fourth-order valence-electron chi connectivity index (χ4n) is 1.02. The maximum Gasteiger partial charge on any atom is 0.149 e. The fraction of sp³-hybridized carbons (Fsp3) is 0.444. The van der Waals surface area contributed by atoms with E-state index >= 15 is 0 Å². The Morgan fingerprint density at radius 2 is 2.50 bits per heavy atom. The standard InChI is InChI=1S/C9H13NOS/c1-2-9(11)8(10)6-7-4-3-5-12-7/h3-5,8H,2,6,10H2,1H3/t8-/m1/s1. The monoisotopic (exact) mass is 183 g/mol. The normalized spacial score (nSPS) is 12.8. The van der Waals surface area contributed by atoms with Gasteiger partial charge in [-0.3, -0.25) is 4.79 Å². The van der Waals surface area contributed by atoms with E-state index in [0.717, 1.165) is 0 Å². The van der Waals surface area contributed by atoms with Crippen molar-refractivity contribution < 1.29 is 4.79 Å². The van der Waals surface area contributed by atoms with Gasteiger partial charge < -0.3 is 5.73 Å². The van der Waals surface area contributed by atoms with Gasteiger partial charge in [-0.1, -0.05) is 13.0 Å². The number of thiophene rings is 1. The van der Waals surface area contributed by atoms with Crippen LogP contribution < -0.4 is 5.73 Å². The van der Waals surface area contributed by atoms with Gasteiger partial charge in [0.1, 0.15) is 5.78 Å². The summed E-state index contributed by atoms with van der Waals surface area (Å²) in [5, 5.41) is 2.00. The smallest absolute Gasteiger partial charge is 0.149 e. The molecule has 1 heterocycles. The van der Waals surface area contributed by atoms with Crippen molar-refractivity contribution >= 4 is 17.1 Å². The number of hydrogen-bond acceptors (Lipinski definition) is 3. The minimum absolute atomic E-state index is 0.142. The van der Waals surface area contributed by atoms with Crippen LogP contribution in [0.15, 0.2) is 17.5 Å². The fourth-order valence-corrected chi connectivity index (χ4v) is 1.79. The van der Waals surface area contributed by atoms with E-state index in [1.165, 1.54) is 4.88 Å². The number of nitrogens with two attached hydrogens (primary N) is 1. The first kappa shape index (κ1) is 9.42. The van der Waals surface area contributed by atoms with Crippen molar-refractivity contribution in [3.63, 3.8) is 0 Å². The lowest BCUT2D eigenvalue weighted by molar-refractivity contribution is -0.119. The van der Waals surface area contributed by atoms with Crippen molar-refractivity contribution in [2.75, 3.05) is 0 Å². The van der Waals surface area contributed by atoms with E-state index in [2.05, 4.69) is 0 Å². The molecule has 0 radical (unpaired) electrons. The summed E-state index contributed by atoms with van der Waals surface area (Å²) in [5.41, 5.74) is 5.68. The Morgan fingerprint density at radius 1 is 1.75 bits per heavy atom. The molecule has 0 aliphatic carbocycles. The number of carbonyl (C=O) groups is 1. The zero-order valence-electron chi connectivity index (χ0n) is 7.12. The third-order valence-electron chi connectivity index (χ3n) is 1.76. The highest BCUT2D eigenvalue weighted by Gasteiger charge is 2.11. The summed E-state index contributed by atoms with van der Waals surface area (Å²) >= 11 is 1.65. The summed E-state index contributed by atoms with van der Waals surface area (Å²) in [6.07, 6.45) is 1.22. The molecule has 0 unspecified atom stereocenters. The molecular formula is C9H13NOS. The van der Waals surface area contributed by atoms with E-state index in [9.17, 15) is 4.79 Å². The van der Waals surface area contributed by atoms with Crippen LogP contribution in [0.4, 0.5) is 0 Å². The second-order valence-corrected chi connectivity index (χ2v) is 3.74. The molecular weight excluding hydrogens is 170 g/mol. The van der Waals surface area contributed by atoms with Crippen molar-refractivity contribution in [1.29, 1.82) is 0 Å². The number of rotatable bonds is 4. The summed E-state index contributed by atoms with van der Waals surface area (Å²) in [4.78, 5) is 12.3. The van der Waals surface area contributed by atoms with Gasteiger partial charge in [0, 0.05) is 17.7 Å². The summed E-state index contributed by atoms with van der Waals surface area (Å²) < 4.78 is 0. The van der Waals surface area contributed by atoms with E-state index in [-0.39, 0.29) is 11.8 Å². The average Bonchev–Trinajstić information content (AvgIpc) is 2.55. The van der Waals surface area contributed by atoms with E-state index < -0.39 is 0 Å². The Labute approximate surface area is 76.4 Å². The molecule has 2 N–H and O–H groups in total. The predicted octanol–water partition coefficient (Wildman–Crippen LogP) is 1.60.